The zero-order valence-electron chi connectivity index (χ0n) is 12.3. The van der Waals surface area contributed by atoms with Gasteiger partial charge in [0.15, 0.2) is 5.41 Å². The lowest BCUT2D eigenvalue weighted by Gasteiger charge is -2.32. The Morgan fingerprint density at radius 3 is 1.89 bits per heavy atom. The van der Waals surface area contributed by atoms with Gasteiger partial charge < -0.3 is 9.84 Å². The van der Waals surface area contributed by atoms with Crippen LogP contribution >= 0.6 is 0 Å². The molecule has 0 heterocycles. The minimum Gasteiger partial charge on any atom is -0.480 e. The van der Waals surface area contributed by atoms with E-state index in [1.54, 1.807) is 27.7 Å². The molecule has 1 unspecified atom stereocenters. The number of carboxylic acids is 1. The smallest absolute Gasteiger partial charge is 0.323 e. The summed E-state index contributed by atoms with van der Waals surface area (Å²) in [4.78, 5) is 23.8. The monoisotopic (exact) mass is 258 g/mol. The average molecular weight is 258 g/mol. The molecule has 0 aliphatic carbocycles. The molecule has 18 heavy (non-hydrogen) atoms. The van der Waals surface area contributed by atoms with Gasteiger partial charge in [-0.1, -0.05) is 27.7 Å². The Morgan fingerprint density at radius 1 is 1.11 bits per heavy atom. The molecular weight excluding hydrogens is 232 g/mol. The number of hydrogen-bond donors (Lipinski definition) is 1. The number of aliphatic carboxylic acids is 1. The Hall–Kier alpha value is -1.06. The fourth-order valence-electron chi connectivity index (χ4n) is 1.90. The van der Waals surface area contributed by atoms with Crippen LogP contribution in [0, 0.1) is 17.3 Å². The number of carboxylic acid groups (broad SMARTS) is 1. The van der Waals surface area contributed by atoms with E-state index in [0.717, 1.165) is 0 Å². The van der Waals surface area contributed by atoms with Gasteiger partial charge in [0.25, 0.3) is 0 Å². The molecule has 106 valence electrons. The first-order valence-corrected chi connectivity index (χ1v) is 6.59. The van der Waals surface area contributed by atoms with Gasteiger partial charge in [-0.3, -0.25) is 9.59 Å². The third-order valence-corrected chi connectivity index (χ3v) is 3.19. The van der Waals surface area contributed by atoms with Gasteiger partial charge in [-0.15, -0.1) is 0 Å². The molecule has 1 atom stereocenters. The van der Waals surface area contributed by atoms with Crippen molar-refractivity contribution in [2.45, 2.75) is 60.5 Å². The molecule has 0 aliphatic heterocycles. The van der Waals surface area contributed by atoms with Crippen molar-refractivity contribution in [1.82, 2.24) is 0 Å². The molecular formula is C14H26O4. The van der Waals surface area contributed by atoms with E-state index in [0.29, 0.717) is 18.8 Å². The molecule has 0 saturated heterocycles. The Bertz CT molecular complexity index is 294. The molecule has 0 spiro atoms. The second-order valence-electron chi connectivity index (χ2n) is 5.82. The van der Waals surface area contributed by atoms with Crippen molar-refractivity contribution in [2.75, 3.05) is 0 Å². The fourth-order valence-corrected chi connectivity index (χ4v) is 1.90. The summed E-state index contributed by atoms with van der Waals surface area (Å²) in [7, 11) is 0. The standard InChI is InChI=1S/C14H26O4/c1-9(2)7-8-14(10(3)4,12(15)16)13(17)18-11(5)6/h9-11H,7-8H2,1-6H3,(H,15,16). The fraction of sp³-hybridized carbons (Fsp3) is 0.857. The Morgan fingerprint density at radius 2 is 1.61 bits per heavy atom. The summed E-state index contributed by atoms with van der Waals surface area (Å²) in [6.07, 6.45) is 0.718. The van der Waals surface area contributed by atoms with E-state index in [4.69, 9.17) is 4.74 Å². The zero-order chi connectivity index (χ0) is 14.5. The lowest BCUT2D eigenvalue weighted by molar-refractivity contribution is -0.176. The molecule has 0 fully saturated rings. The van der Waals surface area contributed by atoms with Crippen molar-refractivity contribution in [3.8, 4) is 0 Å². The van der Waals surface area contributed by atoms with Crippen LogP contribution < -0.4 is 0 Å². The lowest BCUT2D eigenvalue weighted by Crippen LogP contribution is -2.46. The normalized spacial score (nSPS) is 14.9. The summed E-state index contributed by atoms with van der Waals surface area (Å²) in [5.41, 5.74) is -1.42. The van der Waals surface area contributed by atoms with E-state index < -0.39 is 17.4 Å². The van der Waals surface area contributed by atoms with Crippen LogP contribution in [0.1, 0.15) is 54.4 Å². The SMILES string of the molecule is CC(C)CCC(C(=O)O)(C(=O)OC(C)C)C(C)C. The summed E-state index contributed by atoms with van der Waals surface area (Å²) in [5, 5.41) is 9.49. The van der Waals surface area contributed by atoms with Gasteiger partial charge in [0, 0.05) is 0 Å². The van der Waals surface area contributed by atoms with Crippen molar-refractivity contribution in [3.05, 3.63) is 0 Å². The lowest BCUT2D eigenvalue weighted by atomic mass is 9.72. The molecule has 0 bridgehead atoms. The van der Waals surface area contributed by atoms with Crippen molar-refractivity contribution in [3.63, 3.8) is 0 Å². The van der Waals surface area contributed by atoms with Gasteiger partial charge in [-0.2, -0.15) is 0 Å². The van der Waals surface area contributed by atoms with E-state index in [-0.39, 0.29) is 12.0 Å². The van der Waals surface area contributed by atoms with Crippen LogP contribution in [-0.4, -0.2) is 23.1 Å². The van der Waals surface area contributed by atoms with Crippen molar-refractivity contribution >= 4 is 11.9 Å². The maximum Gasteiger partial charge on any atom is 0.323 e. The topological polar surface area (TPSA) is 63.6 Å². The number of carbonyl (C=O) groups is 2. The van der Waals surface area contributed by atoms with Crippen LogP contribution in [0.15, 0.2) is 0 Å². The summed E-state index contributed by atoms with van der Waals surface area (Å²) in [6, 6.07) is 0. The molecule has 0 radical (unpaired) electrons. The molecule has 0 rings (SSSR count). The van der Waals surface area contributed by atoms with Crippen LogP contribution in [0.4, 0.5) is 0 Å². The molecule has 4 heteroatoms. The molecule has 0 aromatic carbocycles. The predicted octanol–water partition coefficient (Wildman–Crippen LogP) is 3.10. The number of rotatable bonds is 7. The summed E-state index contributed by atoms with van der Waals surface area (Å²) in [6.45, 7) is 11.0. The highest BCUT2D eigenvalue weighted by molar-refractivity contribution is 5.99. The largest absolute Gasteiger partial charge is 0.480 e. The Labute approximate surface area is 110 Å². The molecule has 0 amide bonds. The van der Waals surface area contributed by atoms with Crippen LogP contribution in [0.3, 0.4) is 0 Å². The predicted molar refractivity (Wildman–Crippen MR) is 70.2 cm³/mol. The van der Waals surface area contributed by atoms with Crippen LogP contribution in [-0.2, 0) is 14.3 Å². The van der Waals surface area contributed by atoms with E-state index in [9.17, 15) is 14.7 Å². The van der Waals surface area contributed by atoms with Crippen LogP contribution in [0.2, 0.25) is 0 Å². The van der Waals surface area contributed by atoms with Gasteiger partial charge in [-0.25, -0.2) is 0 Å². The number of ether oxygens (including phenoxy) is 1. The molecule has 0 saturated carbocycles. The number of esters is 1. The third-order valence-electron chi connectivity index (χ3n) is 3.19. The molecule has 4 nitrogen and oxygen atoms in total. The van der Waals surface area contributed by atoms with Gasteiger partial charge in [0.05, 0.1) is 6.10 Å². The van der Waals surface area contributed by atoms with Gasteiger partial charge in [0.2, 0.25) is 0 Å². The van der Waals surface area contributed by atoms with Crippen molar-refractivity contribution in [2.24, 2.45) is 17.3 Å². The molecule has 1 N–H and O–H groups in total. The maximum absolute atomic E-state index is 12.2. The average Bonchev–Trinajstić information content (AvgIpc) is 2.15. The summed E-state index contributed by atoms with van der Waals surface area (Å²) in [5.74, 6) is -1.63. The van der Waals surface area contributed by atoms with Gasteiger partial charge in [0.1, 0.15) is 0 Å². The maximum atomic E-state index is 12.2. The quantitative estimate of drug-likeness (QED) is 0.563. The second kappa shape index (κ2) is 6.76. The van der Waals surface area contributed by atoms with Crippen LogP contribution in [0.25, 0.3) is 0 Å². The van der Waals surface area contributed by atoms with E-state index >= 15 is 0 Å². The molecule has 0 aliphatic rings. The Kier molecular flexibility index (Phi) is 6.36. The van der Waals surface area contributed by atoms with Crippen molar-refractivity contribution in [1.29, 1.82) is 0 Å². The first-order valence-electron chi connectivity index (χ1n) is 6.59. The van der Waals surface area contributed by atoms with Gasteiger partial charge >= 0.3 is 11.9 Å². The summed E-state index contributed by atoms with van der Waals surface area (Å²) >= 11 is 0. The first-order chi connectivity index (χ1) is 8.14. The second-order valence-corrected chi connectivity index (χ2v) is 5.82. The van der Waals surface area contributed by atoms with E-state index in [2.05, 4.69) is 0 Å². The first kappa shape index (κ1) is 16.9. The summed E-state index contributed by atoms with van der Waals surface area (Å²) < 4.78 is 5.15. The van der Waals surface area contributed by atoms with E-state index in [1.807, 2.05) is 13.8 Å². The van der Waals surface area contributed by atoms with Crippen molar-refractivity contribution < 1.29 is 19.4 Å². The van der Waals surface area contributed by atoms with Crippen LogP contribution in [0.5, 0.6) is 0 Å². The number of carbonyl (C=O) groups excluding carboxylic acids is 1. The third kappa shape index (κ3) is 4.00. The van der Waals surface area contributed by atoms with Gasteiger partial charge in [-0.05, 0) is 38.5 Å². The highest BCUT2D eigenvalue weighted by Gasteiger charge is 2.50. The zero-order valence-corrected chi connectivity index (χ0v) is 12.3. The molecule has 0 aromatic heterocycles. The minimum atomic E-state index is -1.42. The highest BCUT2D eigenvalue weighted by atomic mass is 16.5. The Balaban J connectivity index is 5.22. The van der Waals surface area contributed by atoms with E-state index in [1.165, 1.54) is 0 Å². The molecule has 0 aromatic rings. The highest BCUT2D eigenvalue weighted by Crippen LogP contribution is 2.36. The number of hydrogen-bond acceptors (Lipinski definition) is 3. The minimum absolute atomic E-state index is 0.292.